The molecule has 2 N–H and O–H groups in total. The van der Waals surface area contributed by atoms with Gasteiger partial charge in [0.25, 0.3) is 0 Å². The Labute approximate surface area is 130 Å². The summed E-state index contributed by atoms with van der Waals surface area (Å²) in [6.45, 7) is 12.0. The van der Waals surface area contributed by atoms with Gasteiger partial charge < -0.3 is 10.2 Å². The van der Waals surface area contributed by atoms with E-state index in [1.54, 1.807) is 48.5 Å². The smallest absolute Gasteiger partial charge is 0.396 e. The maximum atomic E-state index is 10.8. The Morgan fingerprint density at radius 1 is 0.955 bits per heavy atom. The average Bonchev–Trinajstić information content (AvgIpc) is 2.25. The highest BCUT2D eigenvalue weighted by Crippen LogP contribution is 2.09. The van der Waals surface area contributed by atoms with Gasteiger partial charge in [-0.3, -0.25) is 0 Å². The highest BCUT2D eigenvalue weighted by Gasteiger charge is 2.17. The van der Waals surface area contributed by atoms with E-state index in [9.17, 15) is 4.79 Å². The SMILES string of the molecule is CC(C)(C)OOOC(=O)OOOC(C)(C)C.CC(O)CCO. The molecule has 0 aliphatic rings. The van der Waals surface area contributed by atoms with Gasteiger partial charge >= 0.3 is 6.16 Å². The highest BCUT2D eigenvalue weighted by atomic mass is 17.6. The minimum atomic E-state index is -1.24. The van der Waals surface area contributed by atoms with Gasteiger partial charge in [-0.1, -0.05) is 0 Å². The van der Waals surface area contributed by atoms with Crippen LogP contribution in [0.2, 0.25) is 0 Å². The van der Waals surface area contributed by atoms with Crippen LogP contribution in [0.15, 0.2) is 0 Å². The number of carbonyl (C=O) groups is 1. The molecular weight excluding hydrogens is 300 g/mol. The summed E-state index contributed by atoms with van der Waals surface area (Å²) in [5.41, 5.74) is -1.22. The number of hydrogen-bond donors (Lipinski definition) is 2. The first-order valence-corrected chi connectivity index (χ1v) is 6.75. The van der Waals surface area contributed by atoms with Crippen LogP contribution in [-0.2, 0) is 29.6 Å². The molecule has 22 heavy (non-hydrogen) atoms. The van der Waals surface area contributed by atoms with Crippen LogP contribution < -0.4 is 0 Å². The molecule has 0 rings (SSSR count). The van der Waals surface area contributed by atoms with Gasteiger partial charge in [0.15, 0.2) is 0 Å². The Hall–Kier alpha value is -0.970. The van der Waals surface area contributed by atoms with Crippen molar-refractivity contribution in [1.29, 1.82) is 0 Å². The molecule has 134 valence electrons. The fraction of sp³-hybridized carbons (Fsp3) is 0.923. The third kappa shape index (κ3) is 24.1. The van der Waals surface area contributed by atoms with Crippen molar-refractivity contribution in [2.45, 2.75) is 72.2 Å². The molecule has 9 nitrogen and oxygen atoms in total. The number of aliphatic hydroxyl groups excluding tert-OH is 2. The first-order chi connectivity index (χ1) is 9.87. The van der Waals surface area contributed by atoms with Crippen molar-refractivity contribution >= 4 is 6.16 Å². The van der Waals surface area contributed by atoms with Gasteiger partial charge in [0.2, 0.25) is 0 Å². The van der Waals surface area contributed by atoms with Gasteiger partial charge in [-0.05, 0) is 65.0 Å². The standard InChI is InChI=1S/C9H18O7.C4H10O2/c1-8(2,3)13-15-11-7(10)12-16-14-9(4,5)6;1-4(6)2-3-5/h1-6H3;4-6H,2-3H2,1H3. The maximum Gasteiger partial charge on any atom is 0.577 e. The molecule has 0 fully saturated rings. The maximum absolute atomic E-state index is 10.8. The van der Waals surface area contributed by atoms with E-state index in [0.29, 0.717) is 6.42 Å². The number of carbonyl (C=O) groups excluding carboxylic acids is 1. The van der Waals surface area contributed by atoms with Gasteiger partial charge in [0.1, 0.15) is 0 Å². The summed E-state index contributed by atoms with van der Waals surface area (Å²) in [5, 5.41) is 24.7. The van der Waals surface area contributed by atoms with Crippen molar-refractivity contribution in [2.75, 3.05) is 6.61 Å². The van der Waals surface area contributed by atoms with Crippen LogP contribution in [0.4, 0.5) is 4.79 Å². The van der Waals surface area contributed by atoms with E-state index < -0.39 is 17.4 Å². The van der Waals surface area contributed by atoms with Crippen LogP contribution in [0.25, 0.3) is 0 Å². The largest absolute Gasteiger partial charge is 0.577 e. The van der Waals surface area contributed by atoms with Crippen molar-refractivity contribution in [2.24, 2.45) is 0 Å². The molecule has 0 saturated carbocycles. The van der Waals surface area contributed by atoms with E-state index in [4.69, 9.17) is 10.2 Å². The van der Waals surface area contributed by atoms with Gasteiger partial charge in [0, 0.05) is 6.61 Å². The lowest BCUT2D eigenvalue weighted by Crippen LogP contribution is -2.23. The Balaban J connectivity index is 0. The Morgan fingerprint density at radius 2 is 1.32 bits per heavy atom. The molecular formula is C13H28O9. The Morgan fingerprint density at radius 3 is 1.50 bits per heavy atom. The van der Waals surface area contributed by atoms with E-state index in [-0.39, 0.29) is 12.7 Å². The predicted molar refractivity (Wildman–Crippen MR) is 74.8 cm³/mol. The first-order valence-electron chi connectivity index (χ1n) is 6.75. The molecule has 0 aromatic carbocycles. The normalized spacial score (nSPS) is 13.0. The fourth-order valence-corrected chi connectivity index (χ4v) is 0.494. The molecule has 0 amide bonds. The summed E-state index contributed by atoms with van der Waals surface area (Å²) in [6.07, 6.45) is -1.11. The number of aliphatic hydroxyl groups is 2. The van der Waals surface area contributed by atoms with Crippen molar-refractivity contribution in [3.63, 3.8) is 0 Å². The molecule has 0 heterocycles. The third-order valence-corrected chi connectivity index (χ3v) is 1.32. The second-order valence-electron chi connectivity index (χ2n) is 6.31. The van der Waals surface area contributed by atoms with Crippen LogP contribution in [0.3, 0.4) is 0 Å². The molecule has 1 atom stereocenters. The molecule has 1 unspecified atom stereocenters. The summed E-state index contributed by atoms with van der Waals surface area (Å²) in [5.74, 6) is 0. The molecule has 0 aromatic rings. The third-order valence-electron chi connectivity index (χ3n) is 1.32. The van der Waals surface area contributed by atoms with E-state index in [0.717, 1.165) is 0 Å². The molecule has 0 radical (unpaired) electrons. The topological polar surface area (TPSA) is 113 Å². The first kappa shape index (κ1) is 23.3. The molecule has 0 saturated heterocycles. The minimum Gasteiger partial charge on any atom is -0.396 e. The minimum absolute atomic E-state index is 0.0810. The summed E-state index contributed by atoms with van der Waals surface area (Å²) >= 11 is 0. The second kappa shape index (κ2) is 11.6. The summed E-state index contributed by atoms with van der Waals surface area (Å²) in [6, 6.07) is 0. The summed E-state index contributed by atoms with van der Waals surface area (Å²) in [4.78, 5) is 28.1. The lowest BCUT2D eigenvalue weighted by molar-refractivity contribution is -0.552. The second-order valence-corrected chi connectivity index (χ2v) is 6.31. The van der Waals surface area contributed by atoms with E-state index in [2.05, 4.69) is 29.6 Å². The van der Waals surface area contributed by atoms with Crippen LogP contribution in [-0.4, -0.2) is 40.3 Å². The van der Waals surface area contributed by atoms with E-state index in [1.807, 2.05) is 0 Å². The summed E-state index contributed by atoms with van der Waals surface area (Å²) < 4.78 is 0. The van der Waals surface area contributed by atoms with E-state index >= 15 is 0 Å². The summed E-state index contributed by atoms with van der Waals surface area (Å²) in [7, 11) is 0. The van der Waals surface area contributed by atoms with E-state index in [1.165, 1.54) is 0 Å². The molecule has 0 aromatic heterocycles. The highest BCUT2D eigenvalue weighted by molar-refractivity contribution is 5.57. The molecule has 0 aliphatic carbocycles. The lowest BCUT2D eigenvalue weighted by atomic mass is 10.2. The lowest BCUT2D eigenvalue weighted by Gasteiger charge is -2.16. The molecule has 0 aliphatic heterocycles. The van der Waals surface area contributed by atoms with Crippen molar-refractivity contribution in [3.05, 3.63) is 0 Å². The van der Waals surface area contributed by atoms with Crippen LogP contribution in [0.1, 0.15) is 54.9 Å². The molecule has 0 bridgehead atoms. The van der Waals surface area contributed by atoms with Crippen LogP contribution in [0.5, 0.6) is 0 Å². The molecule has 0 spiro atoms. The van der Waals surface area contributed by atoms with Crippen molar-refractivity contribution in [3.8, 4) is 0 Å². The zero-order valence-electron chi connectivity index (χ0n) is 14.2. The number of rotatable bonds is 6. The van der Waals surface area contributed by atoms with Gasteiger partial charge in [0.05, 0.1) is 17.3 Å². The zero-order valence-corrected chi connectivity index (χ0v) is 14.2. The van der Waals surface area contributed by atoms with Crippen LogP contribution in [0, 0.1) is 0 Å². The van der Waals surface area contributed by atoms with Gasteiger partial charge in [-0.15, -0.1) is 0 Å². The Bertz CT molecular complexity index is 256. The average molecular weight is 328 g/mol. The fourth-order valence-electron chi connectivity index (χ4n) is 0.494. The zero-order chi connectivity index (χ0) is 17.8. The van der Waals surface area contributed by atoms with Gasteiger partial charge in [-0.2, -0.15) is 14.6 Å². The van der Waals surface area contributed by atoms with Gasteiger partial charge in [-0.25, -0.2) is 9.78 Å². The predicted octanol–water partition coefficient (Wildman–Crippen LogP) is 2.21. The van der Waals surface area contributed by atoms with Crippen molar-refractivity contribution < 1.29 is 44.6 Å². The quantitative estimate of drug-likeness (QED) is 0.559. The molecule has 9 heteroatoms. The van der Waals surface area contributed by atoms with Crippen LogP contribution >= 0.6 is 0 Å². The number of hydrogen-bond acceptors (Lipinski definition) is 9. The Kier molecular flexibility index (Phi) is 12.3. The van der Waals surface area contributed by atoms with Crippen molar-refractivity contribution in [1.82, 2.24) is 0 Å². The monoisotopic (exact) mass is 328 g/mol.